The Labute approximate surface area is 169 Å². The second-order valence-corrected chi connectivity index (χ2v) is 7.04. The number of nitro groups is 1. The number of aryl methyl sites for hydroxylation is 2. The number of rotatable bonds is 8. The molecule has 8 heteroatoms. The van der Waals surface area contributed by atoms with E-state index in [1.54, 1.807) is 29.9 Å². The first-order valence-corrected chi connectivity index (χ1v) is 9.56. The molecule has 1 heterocycles. The average Bonchev–Trinajstić information content (AvgIpc) is 2.96. The van der Waals surface area contributed by atoms with Gasteiger partial charge < -0.3 is 4.90 Å². The molecule has 150 valence electrons. The molecule has 0 bridgehead atoms. The van der Waals surface area contributed by atoms with Crippen molar-refractivity contribution >= 4 is 29.3 Å². The van der Waals surface area contributed by atoms with E-state index in [-0.39, 0.29) is 17.6 Å². The summed E-state index contributed by atoms with van der Waals surface area (Å²) in [5.74, 6) is -0.226. The van der Waals surface area contributed by atoms with Gasteiger partial charge in [-0.25, -0.2) is 0 Å². The number of carbonyl (C=O) groups is 1. The summed E-state index contributed by atoms with van der Waals surface area (Å²) in [6.45, 7) is 6.52. The van der Waals surface area contributed by atoms with Gasteiger partial charge >= 0.3 is 0 Å². The monoisotopic (exact) mass is 404 g/mol. The van der Waals surface area contributed by atoms with Gasteiger partial charge in [-0.05, 0) is 31.9 Å². The first-order chi connectivity index (χ1) is 13.3. The van der Waals surface area contributed by atoms with E-state index in [1.165, 1.54) is 23.1 Å². The van der Waals surface area contributed by atoms with Crippen molar-refractivity contribution in [2.45, 2.75) is 46.2 Å². The zero-order chi connectivity index (χ0) is 20.8. The van der Waals surface area contributed by atoms with Gasteiger partial charge in [0, 0.05) is 37.4 Å². The summed E-state index contributed by atoms with van der Waals surface area (Å²) in [7, 11) is 1.66. The molecule has 28 heavy (non-hydrogen) atoms. The Kier molecular flexibility index (Phi) is 7.34. The van der Waals surface area contributed by atoms with Crippen molar-refractivity contribution in [3.63, 3.8) is 0 Å². The van der Waals surface area contributed by atoms with Crippen LogP contribution in [-0.2, 0) is 11.3 Å². The van der Waals surface area contributed by atoms with Gasteiger partial charge in [0.2, 0.25) is 5.91 Å². The zero-order valence-electron chi connectivity index (χ0n) is 16.6. The fourth-order valence-corrected chi connectivity index (χ4v) is 3.12. The van der Waals surface area contributed by atoms with E-state index in [9.17, 15) is 14.9 Å². The highest BCUT2D eigenvalue weighted by molar-refractivity contribution is 6.31. The summed E-state index contributed by atoms with van der Waals surface area (Å²) < 4.78 is 1.75. The molecule has 0 fully saturated rings. The molecule has 0 unspecified atom stereocenters. The van der Waals surface area contributed by atoms with Crippen molar-refractivity contribution in [2.75, 3.05) is 7.05 Å². The summed E-state index contributed by atoms with van der Waals surface area (Å²) in [6.07, 6.45) is 5.14. The average molecular weight is 405 g/mol. The van der Waals surface area contributed by atoms with Crippen LogP contribution in [0, 0.1) is 17.0 Å². The second kappa shape index (κ2) is 9.50. The Morgan fingerprint density at radius 2 is 2.18 bits per heavy atom. The number of likely N-dealkylation sites (N-methyl/N-ethyl adjacent to an activating group) is 1. The molecule has 2 aromatic rings. The largest absolute Gasteiger partial charge is 0.335 e. The zero-order valence-corrected chi connectivity index (χ0v) is 17.3. The highest BCUT2D eigenvalue weighted by atomic mass is 35.5. The molecule has 0 saturated carbocycles. The summed E-state index contributed by atoms with van der Waals surface area (Å²) in [5.41, 5.74) is 2.18. The third-order valence-electron chi connectivity index (χ3n) is 4.72. The molecule has 2 rings (SSSR count). The Balaban J connectivity index is 2.15. The molecule has 0 aliphatic heterocycles. The highest BCUT2D eigenvalue weighted by Gasteiger charge is 2.18. The van der Waals surface area contributed by atoms with Crippen LogP contribution in [-0.4, -0.2) is 32.6 Å². The molecule has 0 saturated heterocycles. The number of benzene rings is 1. The maximum atomic E-state index is 12.6. The fraction of sp³-hybridized carbons (Fsp3) is 0.400. The number of hydrogen-bond acceptors (Lipinski definition) is 4. The summed E-state index contributed by atoms with van der Waals surface area (Å²) >= 11 is 6.39. The van der Waals surface area contributed by atoms with Gasteiger partial charge in [-0.1, -0.05) is 37.1 Å². The molecule has 0 aliphatic carbocycles. The highest BCUT2D eigenvalue weighted by Crippen LogP contribution is 2.25. The number of nitro benzene ring substituents is 1. The van der Waals surface area contributed by atoms with Crippen molar-refractivity contribution in [3.8, 4) is 0 Å². The first-order valence-electron chi connectivity index (χ1n) is 9.18. The van der Waals surface area contributed by atoms with E-state index >= 15 is 0 Å². The molecular formula is C20H25ClN4O3. The lowest BCUT2D eigenvalue weighted by Gasteiger charge is -2.24. The number of aromatic nitrogens is 2. The van der Waals surface area contributed by atoms with Gasteiger partial charge in [0.15, 0.2) is 0 Å². The predicted molar refractivity (Wildman–Crippen MR) is 110 cm³/mol. The lowest BCUT2D eigenvalue weighted by atomic mass is 10.1. The van der Waals surface area contributed by atoms with E-state index in [0.29, 0.717) is 10.7 Å². The van der Waals surface area contributed by atoms with Crippen LogP contribution in [0.4, 0.5) is 5.69 Å². The quantitative estimate of drug-likeness (QED) is 0.360. The van der Waals surface area contributed by atoms with Crippen LogP contribution in [0.2, 0.25) is 5.15 Å². The standard InChI is InChI=1S/C20H25ClN4O3/c1-5-6-12-24-20(21)18(14(2)22-24)10-11-19(26)23(4)15(3)16-8-7-9-17(13-16)25(27)28/h7-11,13,15H,5-6,12H2,1-4H3/b11-10+/t15-/m1/s1. The van der Waals surface area contributed by atoms with Gasteiger partial charge in [-0.3, -0.25) is 19.6 Å². The molecule has 0 N–H and O–H groups in total. The van der Waals surface area contributed by atoms with E-state index in [0.717, 1.165) is 30.6 Å². The summed E-state index contributed by atoms with van der Waals surface area (Å²) in [6, 6.07) is 5.98. The van der Waals surface area contributed by atoms with Gasteiger partial charge in [-0.15, -0.1) is 0 Å². The maximum Gasteiger partial charge on any atom is 0.269 e. The van der Waals surface area contributed by atoms with Crippen molar-refractivity contribution in [1.82, 2.24) is 14.7 Å². The van der Waals surface area contributed by atoms with E-state index in [1.807, 2.05) is 13.8 Å². The molecule has 0 aliphatic rings. The van der Waals surface area contributed by atoms with Gasteiger partial charge in [0.1, 0.15) is 5.15 Å². The van der Waals surface area contributed by atoms with Crippen LogP contribution in [0.15, 0.2) is 30.3 Å². The van der Waals surface area contributed by atoms with Gasteiger partial charge in [0.25, 0.3) is 5.69 Å². The van der Waals surface area contributed by atoms with E-state index in [2.05, 4.69) is 12.0 Å². The van der Waals surface area contributed by atoms with Crippen molar-refractivity contribution in [1.29, 1.82) is 0 Å². The normalized spacial score (nSPS) is 12.3. The molecule has 0 radical (unpaired) electrons. The number of carbonyl (C=O) groups excluding carboxylic acids is 1. The first kappa shape index (κ1) is 21.6. The molecule has 0 spiro atoms. The van der Waals surface area contributed by atoms with Crippen LogP contribution in [0.3, 0.4) is 0 Å². The predicted octanol–water partition coefficient (Wildman–Crippen LogP) is 4.79. The third-order valence-corrected chi connectivity index (χ3v) is 5.12. The second-order valence-electron chi connectivity index (χ2n) is 6.68. The minimum absolute atomic E-state index is 0.00245. The molecule has 1 aromatic carbocycles. The van der Waals surface area contributed by atoms with Gasteiger partial charge in [-0.2, -0.15) is 5.10 Å². The molecular weight excluding hydrogens is 380 g/mol. The van der Waals surface area contributed by atoms with E-state index in [4.69, 9.17) is 11.6 Å². The van der Waals surface area contributed by atoms with Crippen LogP contribution < -0.4 is 0 Å². The number of nitrogens with zero attached hydrogens (tertiary/aromatic N) is 4. The van der Waals surface area contributed by atoms with Crippen molar-refractivity contribution in [2.24, 2.45) is 0 Å². The SMILES string of the molecule is CCCCn1nc(C)c(/C=C/C(=O)N(C)[C@H](C)c2cccc([N+](=O)[O-])c2)c1Cl. The minimum Gasteiger partial charge on any atom is -0.335 e. The van der Waals surface area contributed by atoms with Crippen LogP contribution in [0.1, 0.15) is 49.6 Å². The lowest BCUT2D eigenvalue weighted by molar-refractivity contribution is -0.384. The maximum absolute atomic E-state index is 12.6. The minimum atomic E-state index is -0.446. The van der Waals surface area contributed by atoms with Crippen LogP contribution in [0.5, 0.6) is 0 Å². The molecule has 1 amide bonds. The molecule has 7 nitrogen and oxygen atoms in total. The van der Waals surface area contributed by atoms with Crippen molar-refractivity contribution < 1.29 is 9.72 Å². The Bertz CT molecular complexity index is 892. The Morgan fingerprint density at radius 3 is 2.82 bits per heavy atom. The van der Waals surface area contributed by atoms with Gasteiger partial charge in [0.05, 0.1) is 16.7 Å². The topological polar surface area (TPSA) is 81.3 Å². The van der Waals surface area contributed by atoms with Crippen LogP contribution in [0.25, 0.3) is 6.08 Å². The lowest BCUT2D eigenvalue weighted by Crippen LogP contribution is -2.28. The van der Waals surface area contributed by atoms with Crippen LogP contribution >= 0.6 is 11.6 Å². The summed E-state index contributed by atoms with van der Waals surface area (Å²) in [4.78, 5) is 24.6. The number of hydrogen-bond donors (Lipinski definition) is 0. The fourth-order valence-electron chi connectivity index (χ4n) is 2.80. The third kappa shape index (κ3) is 4.98. The number of non-ortho nitro benzene ring substituents is 1. The molecule has 1 atom stereocenters. The number of unbranched alkanes of at least 4 members (excludes halogenated alkanes) is 1. The number of halogens is 1. The van der Waals surface area contributed by atoms with E-state index < -0.39 is 4.92 Å². The summed E-state index contributed by atoms with van der Waals surface area (Å²) in [5, 5.41) is 15.9. The molecule has 1 aromatic heterocycles. The number of amides is 1. The smallest absolute Gasteiger partial charge is 0.269 e. The van der Waals surface area contributed by atoms with Crippen molar-refractivity contribution in [3.05, 3.63) is 62.4 Å². The Hall–Kier alpha value is -2.67. The Morgan fingerprint density at radius 1 is 1.46 bits per heavy atom.